The number of likely N-dealkylation sites (tertiary alicyclic amines) is 1. The lowest BCUT2D eigenvalue weighted by atomic mass is 10.1. The molecular weight excluding hydrogens is 176 g/mol. The van der Waals surface area contributed by atoms with Crippen LogP contribution in [0.2, 0.25) is 0 Å². The third-order valence-corrected chi connectivity index (χ3v) is 3.51. The first kappa shape index (κ1) is 10.4. The SMILES string of the molecule is NC1CCCN(C2CCOCC2)CC1. The van der Waals surface area contributed by atoms with Gasteiger partial charge in [-0.25, -0.2) is 0 Å². The van der Waals surface area contributed by atoms with Crippen molar-refractivity contribution in [3.63, 3.8) is 0 Å². The maximum Gasteiger partial charge on any atom is 0.0480 e. The summed E-state index contributed by atoms with van der Waals surface area (Å²) in [5.41, 5.74) is 5.98. The summed E-state index contributed by atoms with van der Waals surface area (Å²) in [6, 6.07) is 1.22. The van der Waals surface area contributed by atoms with Gasteiger partial charge in [-0.2, -0.15) is 0 Å². The van der Waals surface area contributed by atoms with Crippen LogP contribution in [0.1, 0.15) is 32.1 Å². The standard InChI is InChI=1S/C11H22N2O/c12-10-2-1-6-13(7-3-10)11-4-8-14-9-5-11/h10-11H,1-9,12H2. The van der Waals surface area contributed by atoms with E-state index in [4.69, 9.17) is 10.5 Å². The Morgan fingerprint density at radius 2 is 1.79 bits per heavy atom. The number of hydrogen-bond donors (Lipinski definition) is 1. The predicted molar refractivity (Wildman–Crippen MR) is 57.2 cm³/mol. The van der Waals surface area contributed by atoms with E-state index < -0.39 is 0 Å². The molecule has 3 heteroatoms. The van der Waals surface area contributed by atoms with Gasteiger partial charge in [0.1, 0.15) is 0 Å². The van der Waals surface area contributed by atoms with Crippen LogP contribution in [0.3, 0.4) is 0 Å². The Hall–Kier alpha value is -0.120. The Labute approximate surface area is 86.6 Å². The fourth-order valence-electron chi connectivity index (χ4n) is 2.56. The molecule has 14 heavy (non-hydrogen) atoms. The van der Waals surface area contributed by atoms with Crippen LogP contribution in [-0.4, -0.2) is 43.3 Å². The van der Waals surface area contributed by atoms with Crippen molar-refractivity contribution < 1.29 is 4.74 Å². The summed E-state index contributed by atoms with van der Waals surface area (Å²) in [4.78, 5) is 2.63. The summed E-state index contributed by atoms with van der Waals surface area (Å²) < 4.78 is 5.39. The van der Waals surface area contributed by atoms with Gasteiger partial charge in [0.2, 0.25) is 0 Å². The minimum atomic E-state index is 0.444. The van der Waals surface area contributed by atoms with E-state index in [1.807, 2.05) is 0 Å². The molecule has 1 unspecified atom stereocenters. The highest BCUT2D eigenvalue weighted by Crippen LogP contribution is 2.18. The number of nitrogens with zero attached hydrogens (tertiary/aromatic N) is 1. The molecule has 2 aliphatic heterocycles. The van der Waals surface area contributed by atoms with E-state index in [-0.39, 0.29) is 0 Å². The fourth-order valence-corrected chi connectivity index (χ4v) is 2.56. The normalized spacial score (nSPS) is 32.8. The van der Waals surface area contributed by atoms with Gasteiger partial charge in [0.15, 0.2) is 0 Å². The first-order valence-electron chi connectivity index (χ1n) is 5.93. The fraction of sp³-hybridized carbons (Fsp3) is 1.00. The summed E-state index contributed by atoms with van der Waals surface area (Å²) in [5, 5.41) is 0. The van der Waals surface area contributed by atoms with E-state index in [1.165, 1.54) is 45.2 Å². The van der Waals surface area contributed by atoms with Crippen molar-refractivity contribution in [2.75, 3.05) is 26.3 Å². The number of nitrogens with two attached hydrogens (primary N) is 1. The maximum absolute atomic E-state index is 5.98. The van der Waals surface area contributed by atoms with E-state index in [0.29, 0.717) is 6.04 Å². The third kappa shape index (κ3) is 2.69. The highest BCUT2D eigenvalue weighted by atomic mass is 16.5. The molecule has 82 valence electrons. The number of rotatable bonds is 1. The van der Waals surface area contributed by atoms with Gasteiger partial charge >= 0.3 is 0 Å². The Morgan fingerprint density at radius 3 is 2.57 bits per heavy atom. The van der Waals surface area contributed by atoms with Gasteiger partial charge in [0.25, 0.3) is 0 Å². The van der Waals surface area contributed by atoms with Gasteiger partial charge in [0, 0.05) is 25.3 Å². The first-order chi connectivity index (χ1) is 6.86. The van der Waals surface area contributed by atoms with Crippen molar-refractivity contribution in [2.45, 2.75) is 44.2 Å². The van der Waals surface area contributed by atoms with Crippen LogP contribution in [0, 0.1) is 0 Å². The van der Waals surface area contributed by atoms with E-state index in [0.717, 1.165) is 19.3 Å². The average molecular weight is 198 g/mol. The third-order valence-electron chi connectivity index (χ3n) is 3.51. The average Bonchev–Trinajstić information content (AvgIpc) is 2.44. The van der Waals surface area contributed by atoms with Crippen molar-refractivity contribution in [2.24, 2.45) is 5.73 Å². The minimum Gasteiger partial charge on any atom is -0.381 e. The Morgan fingerprint density at radius 1 is 1.00 bits per heavy atom. The Kier molecular flexibility index (Phi) is 3.79. The predicted octanol–water partition coefficient (Wildman–Crippen LogP) is 0.979. The smallest absolute Gasteiger partial charge is 0.0480 e. The number of ether oxygens (including phenoxy) is 1. The molecule has 2 heterocycles. The van der Waals surface area contributed by atoms with Crippen LogP contribution in [0.4, 0.5) is 0 Å². The molecule has 2 rings (SSSR count). The van der Waals surface area contributed by atoms with Gasteiger partial charge in [-0.1, -0.05) is 0 Å². The highest BCUT2D eigenvalue weighted by Gasteiger charge is 2.23. The van der Waals surface area contributed by atoms with Crippen molar-refractivity contribution >= 4 is 0 Å². The van der Waals surface area contributed by atoms with Gasteiger partial charge in [-0.05, 0) is 45.2 Å². The van der Waals surface area contributed by atoms with Crippen LogP contribution in [-0.2, 0) is 4.74 Å². The molecule has 1 atom stereocenters. The van der Waals surface area contributed by atoms with Crippen molar-refractivity contribution in [3.8, 4) is 0 Å². The summed E-state index contributed by atoms with van der Waals surface area (Å²) in [5.74, 6) is 0. The lowest BCUT2D eigenvalue weighted by molar-refractivity contribution is 0.0352. The molecule has 0 radical (unpaired) electrons. The second-order valence-electron chi connectivity index (χ2n) is 4.57. The highest BCUT2D eigenvalue weighted by molar-refractivity contribution is 4.79. The van der Waals surface area contributed by atoms with Crippen molar-refractivity contribution in [1.29, 1.82) is 0 Å². The zero-order valence-electron chi connectivity index (χ0n) is 8.95. The van der Waals surface area contributed by atoms with Crippen LogP contribution in [0.15, 0.2) is 0 Å². The molecule has 2 saturated heterocycles. The molecule has 3 nitrogen and oxygen atoms in total. The summed E-state index contributed by atoms with van der Waals surface area (Å²) >= 11 is 0. The van der Waals surface area contributed by atoms with Crippen LogP contribution >= 0.6 is 0 Å². The van der Waals surface area contributed by atoms with E-state index >= 15 is 0 Å². The van der Waals surface area contributed by atoms with E-state index in [9.17, 15) is 0 Å². The molecule has 2 aliphatic rings. The molecule has 0 aromatic rings. The van der Waals surface area contributed by atoms with Crippen LogP contribution in [0.25, 0.3) is 0 Å². The maximum atomic E-state index is 5.98. The molecule has 0 spiro atoms. The zero-order chi connectivity index (χ0) is 9.80. The molecule has 0 amide bonds. The van der Waals surface area contributed by atoms with Crippen LogP contribution in [0.5, 0.6) is 0 Å². The van der Waals surface area contributed by atoms with E-state index in [2.05, 4.69) is 4.90 Å². The summed E-state index contributed by atoms with van der Waals surface area (Å²) in [7, 11) is 0. The quantitative estimate of drug-likeness (QED) is 0.682. The van der Waals surface area contributed by atoms with Gasteiger partial charge in [-0.15, -0.1) is 0 Å². The largest absolute Gasteiger partial charge is 0.381 e. The molecule has 2 N–H and O–H groups in total. The molecule has 0 aromatic carbocycles. The van der Waals surface area contributed by atoms with Gasteiger partial charge in [-0.3, -0.25) is 0 Å². The molecule has 0 aromatic heterocycles. The van der Waals surface area contributed by atoms with Crippen molar-refractivity contribution in [3.05, 3.63) is 0 Å². The lowest BCUT2D eigenvalue weighted by Gasteiger charge is -2.33. The lowest BCUT2D eigenvalue weighted by Crippen LogP contribution is -2.40. The summed E-state index contributed by atoms with van der Waals surface area (Å²) in [6.07, 6.45) is 6.10. The van der Waals surface area contributed by atoms with Gasteiger partial charge in [0.05, 0.1) is 0 Å². The van der Waals surface area contributed by atoms with Gasteiger partial charge < -0.3 is 15.4 Å². The topological polar surface area (TPSA) is 38.5 Å². The number of hydrogen-bond acceptors (Lipinski definition) is 3. The molecular formula is C11H22N2O. The first-order valence-corrected chi connectivity index (χ1v) is 5.93. The molecule has 0 aliphatic carbocycles. The Bertz CT molecular complexity index is 169. The zero-order valence-corrected chi connectivity index (χ0v) is 8.95. The van der Waals surface area contributed by atoms with Crippen molar-refractivity contribution in [1.82, 2.24) is 4.90 Å². The second kappa shape index (κ2) is 5.10. The molecule has 0 saturated carbocycles. The summed E-state index contributed by atoms with van der Waals surface area (Å²) in [6.45, 7) is 4.35. The van der Waals surface area contributed by atoms with Crippen LogP contribution < -0.4 is 5.73 Å². The van der Waals surface area contributed by atoms with E-state index in [1.54, 1.807) is 0 Å². The Balaban J connectivity index is 1.83. The second-order valence-corrected chi connectivity index (χ2v) is 4.57. The monoisotopic (exact) mass is 198 g/mol. The minimum absolute atomic E-state index is 0.444. The molecule has 0 bridgehead atoms. The molecule has 2 fully saturated rings.